The van der Waals surface area contributed by atoms with Crippen molar-refractivity contribution in [2.75, 3.05) is 0 Å². The van der Waals surface area contributed by atoms with Gasteiger partial charge < -0.3 is 4.74 Å². The van der Waals surface area contributed by atoms with E-state index in [1.165, 1.54) is 0 Å². The largest absolute Gasteiger partial charge is 0.472 e. The number of benzene rings is 2. The van der Waals surface area contributed by atoms with Crippen LogP contribution in [-0.2, 0) is 13.2 Å². The van der Waals surface area contributed by atoms with E-state index in [2.05, 4.69) is 4.98 Å². The van der Waals surface area contributed by atoms with Crippen molar-refractivity contribution in [1.29, 1.82) is 0 Å². The Bertz CT molecular complexity index is 1490. The average molecular weight is 423 g/mol. The van der Waals surface area contributed by atoms with Crippen LogP contribution in [0.5, 0.6) is 5.88 Å². The molecule has 3 aromatic heterocycles. The van der Waals surface area contributed by atoms with Gasteiger partial charge in [0, 0.05) is 24.0 Å². The molecule has 6 rings (SSSR count). The normalized spacial score (nSPS) is 13.6. The minimum absolute atomic E-state index is 0.0108. The molecule has 1 aliphatic rings. The Hall–Kier alpha value is -4.00. The minimum Gasteiger partial charge on any atom is -0.472 e. The van der Waals surface area contributed by atoms with Crippen LogP contribution in [0.15, 0.2) is 77.9 Å². The van der Waals surface area contributed by atoms with E-state index in [1.54, 1.807) is 17.0 Å². The Balaban J connectivity index is 1.41. The number of rotatable bonds is 6. The Kier molecular flexibility index (Phi) is 4.45. The molecule has 7 heteroatoms. The third-order valence-corrected chi connectivity index (χ3v) is 5.79. The van der Waals surface area contributed by atoms with Crippen LogP contribution in [0.2, 0.25) is 0 Å². The minimum atomic E-state index is -0.0108. The zero-order chi connectivity index (χ0) is 21.5. The molecule has 0 bridgehead atoms. The number of fused-ring (bicyclic) bond motifs is 2. The maximum absolute atomic E-state index is 13.3. The maximum Gasteiger partial charge on any atom is 0.329 e. The maximum atomic E-state index is 13.3. The third kappa shape index (κ3) is 3.32. The van der Waals surface area contributed by atoms with Crippen molar-refractivity contribution in [3.05, 3.63) is 94.9 Å². The predicted molar refractivity (Wildman–Crippen MR) is 122 cm³/mol. The van der Waals surface area contributed by atoms with E-state index >= 15 is 0 Å². The number of pyridine rings is 1. The van der Waals surface area contributed by atoms with Crippen molar-refractivity contribution in [3.8, 4) is 5.88 Å². The molecular formula is C25H21N5O2. The van der Waals surface area contributed by atoms with Gasteiger partial charge in [0.2, 0.25) is 5.88 Å². The SMILES string of the molecule is O=c1n(Cc2nc(OCc3cccnc3)c3ccccc3n2)c2ccccc2n1C1CC1. The monoisotopic (exact) mass is 423 g/mol. The molecule has 0 saturated heterocycles. The Morgan fingerprint density at radius 3 is 2.56 bits per heavy atom. The number of nitrogens with zero attached hydrogens (tertiary/aromatic N) is 5. The van der Waals surface area contributed by atoms with Crippen LogP contribution >= 0.6 is 0 Å². The molecule has 0 spiro atoms. The lowest BCUT2D eigenvalue weighted by molar-refractivity contribution is 0.296. The first kappa shape index (κ1) is 18.7. The second kappa shape index (κ2) is 7.60. The highest BCUT2D eigenvalue weighted by atomic mass is 16.5. The topological polar surface area (TPSA) is 74.8 Å². The number of hydrogen-bond acceptors (Lipinski definition) is 5. The number of para-hydroxylation sites is 3. The predicted octanol–water partition coefficient (Wildman–Crippen LogP) is 4.10. The van der Waals surface area contributed by atoms with Gasteiger partial charge in [0.25, 0.3) is 0 Å². The molecule has 158 valence electrons. The van der Waals surface area contributed by atoms with E-state index in [1.807, 2.05) is 65.2 Å². The standard InChI is InChI=1S/C25H21N5O2/c31-25-29(21-9-3-4-10-22(21)30(25)18-11-12-18)15-23-27-20-8-2-1-7-19(20)24(28-23)32-16-17-6-5-13-26-14-17/h1-10,13-14,18H,11-12,15-16H2. The fourth-order valence-electron chi connectivity index (χ4n) is 4.12. The second-order valence-corrected chi connectivity index (χ2v) is 8.07. The van der Waals surface area contributed by atoms with Gasteiger partial charge in [-0.15, -0.1) is 0 Å². The average Bonchev–Trinajstić information content (AvgIpc) is 3.63. The first-order valence-electron chi connectivity index (χ1n) is 10.7. The highest BCUT2D eigenvalue weighted by molar-refractivity contribution is 5.83. The summed E-state index contributed by atoms with van der Waals surface area (Å²) in [5.41, 5.74) is 3.61. The van der Waals surface area contributed by atoms with E-state index in [0.29, 0.717) is 24.4 Å². The zero-order valence-corrected chi connectivity index (χ0v) is 17.4. The Labute approximate surface area is 184 Å². The molecule has 1 fully saturated rings. The molecule has 0 amide bonds. The smallest absolute Gasteiger partial charge is 0.329 e. The van der Waals surface area contributed by atoms with E-state index in [0.717, 1.165) is 40.3 Å². The van der Waals surface area contributed by atoms with Gasteiger partial charge in [-0.05, 0) is 43.2 Å². The Morgan fingerprint density at radius 1 is 0.938 bits per heavy atom. The quantitative estimate of drug-likeness (QED) is 0.411. The summed E-state index contributed by atoms with van der Waals surface area (Å²) in [4.78, 5) is 26.8. The van der Waals surface area contributed by atoms with Gasteiger partial charge in [-0.1, -0.05) is 30.3 Å². The summed E-state index contributed by atoms with van der Waals surface area (Å²) in [7, 11) is 0. The fourth-order valence-corrected chi connectivity index (χ4v) is 4.12. The van der Waals surface area contributed by atoms with E-state index < -0.39 is 0 Å². The zero-order valence-electron chi connectivity index (χ0n) is 17.4. The number of hydrogen-bond donors (Lipinski definition) is 0. The van der Waals surface area contributed by atoms with Gasteiger partial charge in [-0.3, -0.25) is 14.1 Å². The van der Waals surface area contributed by atoms with Crippen LogP contribution in [0.4, 0.5) is 0 Å². The van der Waals surface area contributed by atoms with E-state index in [4.69, 9.17) is 14.7 Å². The van der Waals surface area contributed by atoms with Crippen LogP contribution in [0.25, 0.3) is 21.9 Å². The van der Waals surface area contributed by atoms with Crippen LogP contribution in [0.3, 0.4) is 0 Å². The van der Waals surface area contributed by atoms with Gasteiger partial charge in [0.1, 0.15) is 6.61 Å². The summed E-state index contributed by atoms with van der Waals surface area (Å²) in [6.07, 6.45) is 5.60. The lowest BCUT2D eigenvalue weighted by Crippen LogP contribution is -2.25. The molecule has 1 saturated carbocycles. The van der Waals surface area contributed by atoms with Gasteiger partial charge in [0.15, 0.2) is 5.82 Å². The molecule has 5 aromatic rings. The Morgan fingerprint density at radius 2 is 1.75 bits per heavy atom. The van der Waals surface area contributed by atoms with Crippen molar-refractivity contribution in [1.82, 2.24) is 24.1 Å². The summed E-state index contributed by atoms with van der Waals surface area (Å²) < 4.78 is 9.75. The molecule has 0 radical (unpaired) electrons. The first-order valence-corrected chi connectivity index (χ1v) is 10.7. The molecule has 7 nitrogen and oxygen atoms in total. The molecular weight excluding hydrogens is 402 g/mol. The molecule has 1 aliphatic carbocycles. The lowest BCUT2D eigenvalue weighted by atomic mass is 10.2. The van der Waals surface area contributed by atoms with Gasteiger partial charge in [-0.2, -0.15) is 4.98 Å². The summed E-state index contributed by atoms with van der Waals surface area (Å²) in [6.45, 7) is 0.641. The first-order chi connectivity index (χ1) is 15.8. The van der Waals surface area contributed by atoms with Gasteiger partial charge >= 0.3 is 5.69 Å². The van der Waals surface area contributed by atoms with Crippen LogP contribution in [0, 0.1) is 0 Å². The van der Waals surface area contributed by atoms with E-state index in [9.17, 15) is 4.79 Å². The molecule has 0 atom stereocenters. The third-order valence-electron chi connectivity index (χ3n) is 5.79. The molecule has 32 heavy (non-hydrogen) atoms. The van der Waals surface area contributed by atoms with E-state index in [-0.39, 0.29) is 12.2 Å². The van der Waals surface area contributed by atoms with Gasteiger partial charge in [-0.25, -0.2) is 9.78 Å². The van der Waals surface area contributed by atoms with Crippen LogP contribution in [-0.4, -0.2) is 24.1 Å². The van der Waals surface area contributed by atoms with Crippen molar-refractivity contribution in [2.24, 2.45) is 0 Å². The fraction of sp³-hybridized carbons (Fsp3) is 0.200. The van der Waals surface area contributed by atoms with Crippen LogP contribution < -0.4 is 10.4 Å². The number of aromatic nitrogens is 5. The lowest BCUT2D eigenvalue weighted by Gasteiger charge is -2.11. The van der Waals surface area contributed by atoms with Crippen molar-refractivity contribution >= 4 is 21.9 Å². The summed E-state index contributed by atoms with van der Waals surface area (Å²) in [6, 6.07) is 19.8. The summed E-state index contributed by atoms with van der Waals surface area (Å²) in [5.74, 6) is 1.05. The van der Waals surface area contributed by atoms with Crippen molar-refractivity contribution in [3.63, 3.8) is 0 Å². The van der Waals surface area contributed by atoms with Crippen molar-refractivity contribution in [2.45, 2.75) is 32.0 Å². The highest BCUT2D eigenvalue weighted by Gasteiger charge is 2.29. The summed E-state index contributed by atoms with van der Waals surface area (Å²) >= 11 is 0. The molecule has 2 aromatic carbocycles. The highest BCUT2D eigenvalue weighted by Crippen LogP contribution is 2.36. The number of imidazole rings is 1. The summed E-state index contributed by atoms with van der Waals surface area (Å²) in [5, 5.41) is 0.841. The number of ether oxygens (including phenoxy) is 1. The van der Waals surface area contributed by atoms with Crippen molar-refractivity contribution < 1.29 is 4.74 Å². The molecule has 0 unspecified atom stereocenters. The molecule has 0 aliphatic heterocycles. The van der Waals surface area contributed by atoms with Crippen LogP contribution in [0.1, 0.15) is 30.3 Å². The van der Waals surface area contributed by atoms with Gasteiger partial charge in [0.05, 0.1) is 28.5 Å². The molecule has 3 heterocycles. The second-order valence-electron chi connectivity index (χ2n) is 8.07. The molecule has 0 N–H and O–H groups in total.